The number of unbranched alkanes of at least 4 members (excludes halogenated alkanes) is 5. The third-order valence-electron chi connectivity index (χ3n) is 5.80. The van der Waals surface area contributed by atoms with Crippen LogP contribution in [-0.2, 0) is 6.42 Å². The second-order valence-corrected chi connectivity index (χ2v) is 8.95. The van der Waals surface area contributed by atoms with Crippen LogP contribution >= 0.6 is 0 Å². The van der Waals surface area contributed by atoms with Crippen LogP contribution in [0.5, 0.6) is 0 Å². The molecule has 0 fully saturated rings. The first-order chi connectivity index (χ1) is 14.4. The minimum Gasteiger partial charge on any atom is -0.351 e. The van der Waals surface area contributed by atoms with E-state index >= 15 is 0 Å². The van der Waals surface area contributed by atoms with Gasteiger partial charge in [-0.3, -0.25) is 4.90 Å². The largest absolute Gasteiger partial charge is 0.351 e. The number of nitrogens with two attached hydrogens (primary N) is 1. The summed E-state index contributed by atoms with van der Waals surface area (Å²) >= 11 is 0. The van der Waals surface area contributed by atoms with Gasteiger partial charge in [0.25, 0.3) is 0 Å². The van der Waals surface area contributed by atoms with Crippen molar-refractivity contribution in [2.24, 2.45) is 5.73 Å². The molecule has 0 radical (unpaired) electrons. The zero-order valence-electron chi connectivity index (χ0n) is 19.6. The van der Waals surface area contributed by atoms with Gasteiger partial charge in [0.05, 0.1) is 11.4 Å². The summed E-state index contributed by atoms with van der Waals surface area (Å²) < 4.78 is 0. The summed E-state index contributed by atoms with van der Waals surface area (Å²) in [7, 11) is 0. The van der Waals surface area contributed by atoms with Crippen molar-refractivity contribution in [2.45, 2.75) is 91.4 Å². The molecule has 3 heteroatoms. The Hall–Kier alpha value is -2.29. The predicted octanol–water partition coefficient (Wildman–Crippen LogP) is 8.05. The van der Waals surface area contributed by atoms with Crippen LogP contribution in [0.4, 0.5) is 16.2 Å². The Morgan fingerprint density at radius 1 is 0.833 bits per heavy atom. The highest BCUT2D eigenvalue weighted by Crippen LogP contribution is 2.39. The maximum absolute atomic E-state index is 12.6. The van der Waals surface area contributed by atoms with E-state index in [2.05, 4.69) is 65.0 Å². The molecule has 3 nitrogen and oxygen atoms in total. The van der Waals surface area contributed by atoms with Crippen molar-refractivity contribution in [2.75, 3.05) is 4.90 Å². The van der Waals surface area contributed by atoms with E-state index in [-0.39, 0.29) is 0 Å². The number of nitrogens with zero attached hydrogens (tertiary/aromatic N) is 1. The molecule has 2 N–H and O–H groups in total. The van der Waals surface area contributed by atoms with Gasteiger partial charge in [-0.2, -0.15) is 0 Å². The van der Waals surface area contributed by atoms with Gasteiger partial charge in [-0.25, -0.2) is 4.79 Å². The molecule has 0 saturated heterocycles. The standard InChI is InChI=1S/C27H40N2O/c1-6-7-8-9-10-11-13-22-16-18-23(19-17-22)29(27(28)30)26-24(20(2)3)14-12-15-25(26)21(4)5/h12,14-21H,6-11,13H2,1-5H3,(H2,28,30). The van der Waals surface area contributed by atoms with Gasteiger partial charge in [-0.1, -0.05) is 97.1 Å². The van der Waals surface area contributed by atoms with Gasteiger partial charge in [0.1, 0.15) is 0 Å². The van der Waals surface area contributed by atoms with Crippen molar-refractivity contribution in [3.8, 4) is 0 Å². The highest BCUT2D eigenvalue weighted by Gasteiger charge is 2.24. The predicted molar refractivity (Wildman–Crippen MR) is 130 cm³/mol. The average molecular weight is 409 g/mol. The van der Waals surface area contributed by atoms with Crippen LogP contribution in [0.2, 0.25) is 0 Å². The van der Waals surface area contributed by atoms with Crippen molar-refractivity contribution in [1.82, 2.24) is 0 Å². The quantitative estimate of drug-likeness (QED) is 0.375. The third-order valence-corrected chi connectivity index (χ3v) is 5.80. The Morgan fingerprint density at radius 3 is 1.87 bits per heavy atom. The van der Waals surface area contributed by atoms with Gasteiger partial charge in [0.2, 0.25) is 0 Å². The van der Waals surface area contributed by atoms with Gasteiger partial charge in [0.15, 0.2) is 0 Å². The zero-order valence-corrected chi connectivity index (χ0v) is 19.6. The maximum atomic E-state index is 12.6. The Bertz CT molecular complexity index is 767. The number of anilines is 2. The lowest BCUT2D eigenvalue weighted by Crippen LogP contribution is -2.33. The molecule has 0 saturated carbocycles. The van der Waals surface area contributed by atoms with Crippen LogP contribution < -0.4 is 10.6 Å². The molecule has 164 valence electrons. The van der Waals surface area contributed by atoms with Gasteiger partial charge in [-0.15, -0.1) is 0 Å². The fourth-order valence-electron chi connectivity index (χ4n) is 4.06. The van der Waals surface area contributed by atoms with E-state index in [0.717, 1.165) is 28.9 Å². The fraction of sp³-hybridized carbons (Fsp3) is 0.519. The van der Waals surface area contributed by atoms with Gasteiger partial charge in [0, 0.05) is 0 Å². The molecular formula is C27H40N2O. The Labute approximate surface area is 183 Å². The molecule has 0 aliphatic rings. The number of rotatable bonds is 11. The summed E-state index contributed by atoms with van der Waals surface area (Å²) in [6, 6.07) is 14.2. The van der Waals surface area contributed by atoms with E-state index in [4.69, 9.17) is 5.73 Å². The normalized spacial score (nSPS) is 11.3. The van der Waals surface area contributed by atoms with E-state index in [1.807, 2.05) is 12.1 Å². The SMILES string of the molecule is CCCCCCCCc1ccc(N(C(N)=O)c2c(C(C)C)cccc2C(C)C)cc1. The van der Waals surface area contributed by atoms with Crippen molar-refractivity contribution in [1.29, 1.82) is 0 Å². The van der Waals surface area contributed by atoms with Crippen molar-refractivity contribution >= 4 is 17.4 Å². The van der Waals surface area contributed by atoms with E-state index in [1.54, 1.807) is 4.90 Å². The van der Waals surface area contributed by atoms with E-state index in [1.165, 1.54) is 44.1 Å². The number of para-hydroxylation sites is 1. The number of primary amides is 1. The topological polar surface area (TPSA) is 46.3 Å². The summed E-state index contributed by atoms with van der Waals surface area (Å²) in [6.07, 6.45) is 8.89. The molecule has 0 spiro atoms. The molecule has 2 amide bonds. The van der Waals surface area contributed by atoms with E-state index in [9.17, 15) is 4.79 Å². The molecule has 2 aromatic carbocycles. The van der Waals surface area contributed by atoms with Crippen LogP contribution in [0.15, 0.2) is 42.5 Å². The molecule has 0 aliphatic carbocycles. The molecule has 2 rings (SSSR count). The number of hydrogen-bond acceptors (Lipinski definition) is 1. The van der Waals surface area contributed by atoms with E-state index in [0.29, 0.717) is 11.8 Å². The molecule has 0 heterocycles. The first-order valence-corrected chi connectivity index (χ1v) is 11.7. The van der Waals surface area contributed by atoms with Gasteiger partial charge in [-0.05, 0) is 53.5 Å². The summed E-state index contributed by atoms with van der Waals surface area (Å²) in [5, 5.41) is 0. The zero-order chi connectivity index (χ0) is 22.1. The minimum absolute atomic E-state index is 0.299. The Kier molecular flexibility index (Phi) is 9.42. The van der Waals surface area contributed by atoms with Gasteiger partial charge >= 0.3 is 6.03 Å². The lowest BCUT2D eigenvalue weighted by atomic mass is 9.91. The molecule has 2 aromatic rings. The lowest BCUT2D eigenvalue weighted by molar-refractivity contribution is 0.256. The molecular weight excluding hydrogens is 368 g/mol. The third kappa shape index (κ3) is 6.35. The van der Waals surface area contributed by atoms with Crippen LogP contribution in [0.3, 0.4) is 0 Å². The molecule has 0 bridgehead atoms. The number of urea groups is 1. The molecule has 0 aromatic heterocycles. The molecule has 0 unspecified atom stereocenters. The Balaban J connectivity index is 2.25. The average Bonchev–Trinajstić information content (AvgIpc) is 2.71. The van der Waals surface area contributed by atoms with Gasteiger partial charge < -0.3 is 5.73 Å². The van der Waals surface area contributed by atoms with Crippen molar-refractivity contribution in [3.05, 3.63) is 59.2 Å². The van der Waals surface area contributed by atoms with Crippen molar-refractivity contribution < 1.29 is 4.79 Å². The van der Waals surface area contributed by atoms with Crippen LogP contribution in [-0.4, -0.2) is 6.03 Å². The molecule has 0 atom stereocenters. The number of carbonyl (C=O) groups excluding carboxylic acids is 1. The summed E-state index contributed by atoms with van der Waals surface area (Å²) in [4.78, 5) is 14.3. The van der Waals surface area contributed by atoms with E-state index < -0.39 is 6.03 Å². The van der Waals surface area contributed by atoms with Crippen molar-refractivity contribution in [3.63, 3.8) is 0 Å². The number of carbonyl (C=O) groups is 1. The first-order valence-electron chi connectivity index (χ1n) is 11.7. The maximum Gasteiger partial charge on any atom is 0.323 e. The van der Waals surface area contributed by atoms with Crippen LogP contribution in [0.1, 0.15) is 102 Å². The number of hydrogen-bond donors (Lipinski definition) is 1. The van der Waals surface area contributed by atoms with Crippen LogP contribution in [0, 0.1) is 0 Å². The Morgan fingerprint density at radius 2 is 1.37 bits per heavy atom. The highest BCUT2D eigenvalue weighted by molar-refractivity contribution is 6.00. The van der Waals surface area contributed by atoms with Crippen LogP contribution in [0.25, 0.3) is 0 Å². The monoisotopic (exact) mass is 408 g/mol. The number of aryl methyl sites for hydroxylation is 1. The molecule has 30 heavy (non-hydrogen) atoms. The summed E-state index contributed by atoms with van der Waals surface area (Å²) in [5.74, 6) is 0.597. The second-order valence-electron chi connectivity index (χ2n) is 8.95. The fourth-order valence-corrected chi connectivity index (χ4v) is 4.06. The number of benzene rings is 2. The summed E-state index contributed by atoms with van der Waals surface area (Å²) in [6.45, 7) is 10.9. The smallest absolute Gasteiger partial charge is 0.323 e. The summed E-state index contributed by atoms with van der Waals surface area (Å²) in [5.41, 5.74) is 11.3. The minimum atomic E-state index is -0.436. The lowest BCUT2D eigenvalue weighted by Gasteiger charge is -2.29. The number of amides is 2. The highest BCUT2D eigenvalue weighted by atomic mass is 16.2. The molecule has 0 aliphatic heterocycles. The first kappa shape index (κ1) is 24.0. The second kappa shape index (κ2) is 11.8.